The summed E-state index contributed by atoms with van der Waals surface area (Å²) in [4.78, 5) is 2.71. The molecule has 2 aliphatic rings. The second-order valence-electron chi connectivity index (χ2n) is 6.98. The van der Waals surface area contributed by atoms with E-state index in [4.69, 9.17) is 0 Å². The molecule has 2 fully saturated rings. The van der Waals surface area contributed by atoms with E-state index in [2.05, 4.69) is 31.1 Å². The first-order valence-corrected chi connectivity index (χ1v) is 8.09. The minimum absolute atomic E-state index is 0.793. The normalized spacial score (nSPS) is 34.2. The molecule has 18 heavy (non-hydrogen) atoms. The fourth-order valence-electron chi connectivity index (χ4n) is 3.99. The third-order valence-electron chi connectivity index (χ3n) is 4.98. The van der Waals surface area contributed by atoms with E-state index in [-0.39, 0.29) is 0 Å². The Labute approximate surface area is 114 Å². The lowest BCUT2D eigenvalue weighted by Gasteiger charge is -2.41. The molecule has 0 aromatic carbocycles. The summed E-state index contributed by atoms with van der Waals surface area (Å²) in [6, 6.07) is 1.65. The van der Waals surface area contributed by atoms with Crippen LogP contribution in [-0.2, 0) is 0 Å². The summed E-state index contributed by atoms with van der Waals surface area (Å²) in [5.41, 5.74) is 0. The highest BCUT2D eigenvalue weighted by molar-refractivity contribution is 4.85. The van der Waals surface area contributed by atoms with Crippen molar-refractivity contribution >= 4 is 0 Å². The molecule has 2 heteroatoms. The van der Waals surface area contributed by atoms with Gasteiger partial charge in [-0.15, -0.1) is 0 Å². The average molecular weight is 252 g/mol. The van der Waals surface area contributed by atoms with E-state index in [9.17, 15) is 0 Å². The van der Waals surface area contributed by atoms with Gasteiger partial charge in [0.2, 0.25) is 0 Å². The van der Waals surface area contributed by atoms with Crippen LogP contribution in [0.1, 0.15) is 58.8 Å². The van der Waals surface area contributed by atoms with Gasteiger partial charge in [0.1, 0.15) is 0 Å². The van der Waals surface area contributed by atoms with Crippen LogP contribution in [0, 0.1) is 11.8 Å². The number of hydrogen-bond acceptors (Lipinski definition) is 2. The number of piperidine rings is 1. The van der Waals surface area contributed by atoms with Gasteiger partial charge in [0.25, 0.3) is 0 Å². The summed E-state index contributed by atoms with van der Waals surface area (Å²) in [6.45, 7) is 7.18. The fourth-order valence-corrected chi connectivity index (χ4v) is 3.99. The summed E-state index contributed by atoms with van der Waals surface area (Å²) >= 11 is 0. The van der Waals surface area contributed by atoms with Crippen LogP contribution in [0.3, 0.4) is 0 Å². The van der Waals surface area contributed by atoms with Crippen LogP contribution in [0.5, 0.6) is 0 Å². The summed E-state index contributed by atoms with van der Waals surface area (Å²) < 4.78 is 0. The third-order valence-corrected chi connectivity index (χ3v) is 4.98. The Hall–Kier alpha value is -0.0800. The molecule has 0 aromatic rings. The van der Waals surface area contributed by atoms with Crippen LogP contribution in [0.25, 0.3) is 0 Å². The number of likely N-dealkylation sites (N-methyl/N-ethyl adjacent to an activating group) is 1. The predicted octanol–water partition coefficient (Wildman–Crippen LogP) is 3.28. The van der Waals surface area contributed by atoms with Crippen molar-refractivity contribution in [3.8, 4) is 0 Å². The molecule has 2 rings (SSSR count). The summed E-state index contributed by atoms with van der Waals surface area (Å²) in [5.74, 6) is 1.86. The Bertz CT molecular complexity index is 233. The average Bonchev–Trinajstić information content (AvgIpc) is 2.38. The van der Waals surface area contributed by atoms with Gasteiger partial charge < -0.3 is 5.32 Å². The maximum atomic E-state index is 3.56. The highest BCUT2D eigenvalue weighted by Gasteiger charge is 2.29. The Balaban J connectivity index is 1.83. The zero-order valence-electron chi connectivity index (χ0n) is 12.6. The van der Waals surface area contributed by atoms with Crippen LogP contribution < -0.4 is 5.32 Å². The van der Waals surface area contributed by atoms with Gasteiger partial charge in [0.05, 0.1) is 0 Å². The lowest BCUT2D eigenvalue weighted by molar-refractivity contribution is 0.0939. The van der Waals surface area contributed by atoms with Crippen LogP contribution in [-0.4, -0.2) is 37.1 Å². The van der Waals surface area contributed by atoms with Crippen LogP contribution in [0.2, 0.25) is 0 Å². The van der Waals surface area contributed by atoms with E-state index < -0.39 is 0 Å². The molecule has 3 unspecified atom stereocenters. The molecule has 2 nitrogen and oxygen atoms in total. The maximum absolute atomic E-state index is 3.56. The van der Waals surface area contributed by atoms with Crippen molar-refractivity contribution in [1.82, 2.24) is 10.2 Å². The highest BCUT2D eigenvalue weighted by atomic mass is 15.2. The van der Waals surface area contributed by atoms with Gasteiger partial charge in [0, 0.05) is 18.6 Å². The lowest BCUT2D eigenvalue weighted by Crippen LogP contribution is -2.49. The van der Waals surface area contributed by atoms with Gasteiger partial charge in [-0.25, -0.2) is 0 Å². The van der Waals surface area contributed by atoms with Crippen molar-refractivity contribution in [2.45, 2.75) is 70.9 Å². The molecule has 1 aliphatic heterocycles. The largest absolute Gasteiger partial charge is 0.315 e. The predicted molar refractivity (Wildman–Crippen MR) is 78.9 cm³/mol. The van der Waals surface area contributed by atoms with Crippen LogP contribution >= 0.6 is 0 Å². The molecule has 1 saturated carbocycles. The molecule has 1 aliphatic carbocycles. The zero-order valence-corrected chi connectivity index (χ0v) is 12.6. The zero-order chi connectivity index (χ0) is 13.0. The van der Waals surface area contributed by atoms with E-state index in [1.807, 2.05) is 0 Å². The molecule has 0 spiro atoms. The molecule has 0 radical (unpaired) electrons. The number of nitrogens with zero attached hydrogens (tertiary/aromatic N) is 1. The summed E-state index contributed by atoms with van der Waals surface area (Å²) in [7, 11) is 2.38. The van der Waals surface area contributed by atoms with Gasteiger partial charge in [-0.3, -0.25) is 4.90 Å². The van der Waals surface area contributed by atoms with E-state index >= 15 is 0 Å². The fraction of sp³-hybridized carbons (Fsp3) is 1.00. The Morgan fingerprint density at radius 3 is 2.56 bits per heavy atom. The molecule has 1 saturated heterocycles. The van der Waals surface area contributed by atoms with Crippen molar-refractivity contribution in [3.63, 3.8) is 0 Å². The Morgan fingerprint density at radius 2 is 1.89 bits per heavy atom. The molecule has 1 N–H and O–H groups in total. The van der Waals surface area contributed by atoms with Crippen LogP contribution in [0.15, 0.2) is 0 Å². The highest BCUT2D eigenvalue weighted by Crippen LogP contribution is 2.32. The van der Waals surface area contributed by atoms with Crippen molar-refractivity contribution in [2.24, 2.45) is 11.8 Å². The lowest BCUT2D eigenvalue weighted by atomic mass is 9.80. The Kier molecular flexibility index (Phi) is 5.50. The molecular formula is C16H32N2. The SMILES string of the molecule is CC(C)CC1CCCC(N(C)C2CCCNC2)C1. The molecule has 3 atom stereocenters. The van der Waals surface area contributed by atoms with E-state index in [1.165, 1.54) is 58.0 Å². The van der Waals surface area contributed by atoms with Crippen LogP contribution in [0.4, 0.5) is 0 Å². The number of hydrogen-bond donors (Lipinski definition) is 1. The first-order chi connectivity index (χ1) is 8.66. The first kappa shape index (κ1) is 14.3. The molecule has 1 heterocycles. The number of rotatable bonds is 4. The third kappa shape index (κ3) is 3.96. The van der Waals surface area contributed by atoms with Gasteiger partial charge in [-0.05, 0) is 57.5 Å². The van der Waals surface area contributed by atoms with Crippen molar-refractivity contribution in [3.05, 3.63) is 0 Å². The first-order valence-electron chi connectivity index (χ1n) is 8.09. The topological polar surface area (TPSA) is 15.3 Å². The number of nitrogens with one attached hydrogen (secondary N) is 1. The Morgan fingerprint density at radius 1 is 1.11 bits per heavy atom. The molecular weight excluding hydrogens is 220 g/mol. The van der Waals surface area contributed by atoms with Gasteiger partial charge in [-0.2, -0.15) is 0 Å². The van der Waals surface area contributed by atoms with Crippen molar-refractivity contribution in [2.75, 3.05) is 20.1 Å². The van der Waals surface area contributed by atoms with Gasteiger partial charge in [-0.1, -0.05) is 26.7 Å². The second-order valence-corrected chi connectivity index (χ2v) is 6.98. The molecule has 0 aromatic heterocycles. The van der Waals surface area contributed by atoms with E-state index in [0.717, 1.165) is 23.9 Å². The molecule has 0 bridgehead atoms. The minimum atomic E-state index is 0.793. The smallest absolute Gasteiger partial charge is 0.0221 e. The molecule has 0 amide bonds. The standard InChI is InChI=1S/C16H32N2/c1-13(2)10-14-6-4-7-15(11-14)18(3)16-8-5-9-17-12-16/h13-17H,4-12H2,1-3H3. The van der Waals surface area contributed by atoms with E-state index in [0.29, 0.717) is 0 Å². The summed E-state index contributed by atoms with van der Waals surface area (Å²) in [5, 5.41) is 3.56. The van der Waals surface area contributed by atoms with Crippen molar-refractivity contribution < 1.29 is 0 Å². The quantitative estimate of drug-likeness (QED) is 0.826. The molecule has 106 valence electrons. The van der Waals surface area contributed by atoms with E-state index in [1.54, 1.807) is 0 Å². The van der Waals surface area contributed by atoms with Crippen molar-refractivity contribution in [1.29, 1.82) is 0 Å². The second kappa shape index (κ2) is 6.91. The summed E-state index contributed by atoms with van der Waals surface area (Å²) in [6.07, 6.45) is 10.0. The van der Waals surface area contributed by atoms with Gasteiger partial charge >= 0.3 is 0 Å². The van der Waals surface area contributed by atoms with Gasteiger partial charge in [0.15, 0.2) is 0 Å². The maximum Gasteiger partial charge on any atom is 0.0221 e. The monoisotopic (exact) mass is 252 g/mol. The minimum Gasteiger partial charge on any atom is -0.315 e.